The molecule has 0 bridgehead atoms. The Morgan fingerprint density at radius 1 is 1.06 bits per heavy atom. The molecule has 158 valence electrons. The summed E-state index contributed by atoms with van der Waals surface area (Å²) in [7, 11) is -3.76. The molecular weight excluding hydrogens is 420 g/mol. The van der Waals surface area contributed by atoms with Crippen LogP contribution in [-0.2, 0) is 27.8 Å². The Labute approximate surface area is 177 Å². The zero-order chi connectivity index (χ0) is 21.7. The number of anilines is 1. The Bertz CT molecular complexity index is 1250. The van der Waals surface area contributed by atoms with Crippen LogP contribution in [0.4, 0.5) is 5.69 Å². The fraction of sp³-hybridized carbons (Fsp3) is 0.100. The number of amides is 1. The summed E-state index contributed by atoms with van der Waals surface area (Å²) in [5.41, 5.74) is 1.95. The molecule has 0 aliphatic rings. The average Bonchev–Trinajstić information content (AvgIpc) is 3.47. The standard InChI is InChI=1S/C20H18N6O4S/c27-20(11-15-6-8-17(9-7-15)26-14-21-24-25-26)23-16-3-1-5-19(12-16)31(28,29)22-13-18-4-2-10-30-18/h1-10,12,14,22H,11,13H2,(H,23,27). The summed E-state index contributed by atoms with van der Waals surface area (Å²) >= 11 is 0. The number of rotatable bonds is 8. The lowest BCUT2D eigenvalue weighted by atomic mass is 10.1. The maximum atomic E-state index is 12.5. The average molecular weight is 438 g/mol. The van der Waals surface area contributed by atoms with E-state index in [0.29, 0.717) is 11.4 Å². The third kappa shape index (κ3) is 5.21. The predicted octanol–water partition coefficient (Wildman–Crippen LogP) is 1.91. The molecule has 31 heavy (non-hydrogen) atoms. The number of sulfonamides is 1. The van der Waals surface area contributed by atoms with Gasteiger partial charge < -0.3 is 9.73 Å². The van der Waals surface area contributed by atoms with Crippen molar-refractivity contribution < 1.29 is 17.6 Å². The van der Waals surface area contributed by atoms with Crippen molar-refractivity contribution in [2.45, 2.75) is 17.9 Å². The molecule has 0 aliphatic carbocycles. The molecule has 0 fully saturated rings. The summed E-state index contributed by atoms with van der Waals surface area (Å²) in [6.45, 7) is 0.0343. The van der Waals surface area contributed by atoms with Gasteiger partial charge in [0.1, 0.15) is 12.1 Å². The van der Waals surface area contributed by atoms with E-state index in [4.69, 9.17) is 4.42 Å². The highest BCUT2D eigenvalue weighted by Gasteiger charge is 2.15. The molecule has 2 heterocycles. The second-order valence-electron chi connectivity index (χ2n) is 6.58. The van der Waals surface area contributed by atoms with Gasteiger partial charge in [-0.2, -0.15) is 0 Å². The van der Waals surface area contributed by atoms with E-state index in [9.17, 15) is 13.2 Å². The van der Waals surface area contributed by atoms with Gasteiger partial charge in [0.25, 0.3) is 0 Å². The third-order valence-corrected chi connectivity index (χ3v) is 5.76. The minimum Gasteiger partial charge on any atom is -0.468 e. The van der Waals surface area contributed by atoms with E-state index >= 15 is 0 Å². The SMILES string of the molecule is O=C(Cc1ccc(-n2cnnn2)cc1)Nc1cccc(S(=O)(=O)NCc2ccco2)c1. The minimum absolute atomic E-state index is 0.0343. The maximum Gasteiger partial charge on any atom is 0.241 e. The number of furan rings is 1. The molecule has 0 saturated carbocycles. The van der Waals surface area contributed by atoms with Crippen LogP contribution in [-0.4, -0.2) is 34.5 Å². The normalized spacial score (nSPS) is 11.4. The number of nitrogens with one attached hydrogen (secondary N) is 2. The Morgan fingerprint density at radius 2 is 1.90 bits per heavy atom. The molecule has 0 saturated heterocycles. The second kappa shape index (κ2) is 8.90. The molecule has 0 radical (unpaired) electrons. The van der Waals surface area contributed by atoms with Gasteiger partial charge in [0.15, 0.2) is 0 Å². The first-order valence-electron chi connectivity index (χ1n) is 9.24. The van der Waals surface area contributed by atoms with Gasteiger partial charge in [0.05, 0.1) is 29.8 Å². The highest BCUT2D eigenvalue weighted by atomic mass is 32.2. The van der Waals surface area contributed by atoms with Gasteiger partial charge >= 0.3 is 0 Å². The zero-order valence-electron chi connectivity index (χ0n) is 16.2. The highest BCUT2D eigenvalue weighted by Crippen LogP contribution is 2.17. The van der Waals surface area contributed by atoms with Gasteiger partial charge in [0, 0.05) is 5.69 Å². The first-order chi connectivity index (χ1) is 15.0. The van der Waals surface area contributed by atoms with Crippen molar-refractivity contribution in [2.75, 3.05) is 5.32 Å². The summed E-state index contributed by atoms with van der Waals surface area (Å²) in [6.07, 6.45) is 3.08. The van der Waals surface area contributed by atoms with Gasteiger partial charge in [-0.05, 0) is 58.5 Å². The summed E-state index contributed by atoms with van der Waals surface area (Å²) < 4.78 is 34.1. The Kier molecular flexibility index (Phi) is 5.87. The molecule has 2 aromatic carbocycles. The zero-order valence-corrected chi connectivity index (χ0v) is 17.0. The van der Waals surface area contributed by atoms with Crippen molar-refractivity contribution in [1.82, 2.24) is 24.9 Å². The Morgan fingerprint density at radius 3 is 2.61 bits per heavy atom. The monoisotopic (exact) mass is 438 g/mol. The van der Waals surface area contributed by atoms with Crippen LogP contribution in [0.25, 0.3) is 5.69 Å². The van der Waals surface area contributed by atoms with Crippen molar-refractivity contribution in [1.29, 1.82) is 0 Å². The molecule has 0 aliphatic heterocycles. The molecule has 2 aromatic heterocycles. The second-order valence-corrected chi connectivity index (χ2v) is 8.34. The van der Waals surface area contributed by atoms with Gasteiger partial charge in [-0.3, -0.25) is 4.79 Å². The Balaban J connectivity index is 1.38. The van der Waals surface area contributed by atoms with Gasteiger partial charge in [-0.15, -0.1) is 5.10 Å². The summed E-state index contributed by atoms with van der Waals surface area (Å²) in [5.74, 6) is 0.229. The third-order valence-electron chi connectivity index (χ3n) is 4.36. The van der Waals surface area contributed by atoms with Crippen molar-refractivity contribution in [2.24, 2.45) is 0 Å². The molecule has 4 rings (SSSR count). The minimum atomic E-state index is -3.76. The van der Waals surface area contributed by atoms with Gasteiger partial charge in [-0.25, -0.2) is 17.8 Å². The fourth-order valence-electron chi connectivity index (χ4n) is 2.84. The molecule has 10 nitrogen and oxygen atoms in total. The van der Waals surface area contributed by atoms with E-state index in [0.717, 1.165) is 11.3 Å². The smallest absolute Gasteiger partial charge is 0.241 e. The van der Waals surface area contributed by atoms with Crippen molar-refractivity contribution in [3.63, 3.8) is 0 Å². The van der Waals surface area contributed by atoms with Crippen LogP contribution in [0.5, 0.6) is 0 Å². The summed E-state index contributed by atoms with van der Waals surface area (Å²) in [5, 5.41) is 13.7. The lowest BCUT2D eigenvalue weighted by molar-refractivity contribution is -0.115. The first-order valence-corrected chi connectivity index (χ1v) is 10.7. The molecule has 4 aromatic rings. The number of carbonyl (C=O) groups is 1. The number of benzene rings is 2. The fourth-order valence-corrected chi connectivity index (χ4v) is 3.88. The molecule has 0 unspecified atom stereocenters. The van der Waals surface area contributed by atoms with Crippen LogP contribution in [0.15, 0.2) is 82.6 Å². The topological polar surface area (TPSA) is 132 Å². The van der Waals surface area contributed by atoms with Crippen LogP contribution < -0.4 is 10.0 Å². The van der Waals surface area contributed by atoms with E-state index in [2.05, 4.69) is 25.6 Å². The van der Waals surface area contributed by atoms with Crippen molar-refractivity contribution >= 4 is 21.6 Å². The van der Waals surface area contributed by atoms with E-state index in [1.165, 1.54) is 29.4 Å². The molecular formula is C20H18N6O4S. The van der Waals surface area contributed by atoms with Crippen molar-refractivity contribution in [3.8, 4) is 5.69 Å². The number of tetrazole rings is 1. The number of aromatic nitrogens is 4. The van der Waals surface area contributed by atoms with Gasteiger partial charge in [0.2, 0.25) is 15.9 Å². The van der Waals surface area contributed by atoms with E-state index in [1.807, 2.05) is 0 Å². The van der Waals surface area contributed by atoms with E-state index in [1.54, 1.807) is 48.5 Å². The maximum absolute atomic E-state index is 12.5. The highest BCUT2D eigenvalue weighted by molar-refractivity contribution is 7.89. The number of nitrogens with zero attached hydrogens (tertiary/aromatic N) is 4. The molecule has 2 N–H and O–H groups in total. The molecule has 0 spiro atoms. The van der Waals surface area contributed by atoms with Crippen molar-refractivity contribution in [3.05, 3.63) is 84.6 Å². The quantitative estimate of drug-likeness (QED) is 0.429. The van der Waals surface area contributed by atoms with Crippen LogP contribution >= 0.6 is 0 Å². The van der Waals surface area contributed by atoms with Crippen LogP contribution in [0.3, 0.4) is 0 Å². The largest absolute Gasteiger partial charge is 0.468 e. The molecule has 1 amide bonds. The predicted molar refractivity (Wildman–Crippen MR) is 111 cm³/mol. The number of hydrogen-bond donors (Lipinski definition) is 2. The van der Waals surface area contributed by atoms with E-state index in [-0.39, 0.29) is 23.8 Å². The van der Waals surface area contributed by atoms with Crippen LogP contribution in [0.1, 0.15) is 11.3 Å². The summed E-state index contributed by atoms with van der Waals surface area (Å²) in [4.78, 5) is 12.5. The molecule has 11 heteroatoms. The lowest BCUT2D eigenvalue weighted by Gasteiger charge is -2.09. The van der Waals surface area contributed by atoms with Gasteiger partial charge in [-0.1, -0.05) is 18.2 Å². The van der Waals surface area contributed by atoms with E-state index < -0.39 is 10.0 Å². The first kappa shape index (κ1) is 20.4. The van der Waals surface area contributed by atoms with Crippen LogP contribution in [0, 0.1) is 0 Å². The lowest BCUT2D eigenvalue weighted by Crippen LogP contribution is -2.23. The summed E-state index contributed by atoms with van der Waals surface area (Å²) in [6, 6.07) is 16.6. The number of hydrogen-bond acceptors (Lipinski definition) is 7. The Hall–Kier alpha value is -3.83. The van der Waals surface area contributed by atoms with Crippen LogP contribution in [0.2, 0.25) is 0 Å². The molecule has 0 atom stereocenters. The number of carbonyl (C=O) groups excluding carboxylic acids is 1.